The lowest BCUT2D eigenvalue weighted by Crippen LogP contribution is -2.32. The number of fused-ring (bicyclic) bond motifs is 9. The fourth-order valence-electron chi connectivity index (χ4n) is 14.0. The van der Waals surface area contributed by atoms with Gasteiger partial charge in [-0.2, -0.15) is 0 Å². The molecule has 4 aliphatic rings. The standard InChI is InChI=1S/C77H57N9O/c1-79-54-29-9-17-37-62(54)83(63-38-18-10-30-55(63)79)73-71(50-26-6-5-7-27-50)74(84-64-39-19-11-31-56(64)80(2)57-32-12-20-40-65(57)84)76(86-68-43-23-15-35-60(68)82(4)61-36-16-24-44-69(61)86)75(85-66-41-21-13-33-58(66)81(3)59-34-14-22-42-67(59)85)72(73)51-46-48-52(49-47-51)77-78-53-28-8-25-45-70(53)87-77/h5-49H,1-4H3. The summed E-state index contributed by atoms with van der Waals surface area (Å²) in [5.74, 6) is 0.561. The third-order valence-electron chi connectivity index (χ3n) is 17.9. The molecule has 10 heteroatoms. The summed E-state index contributed by atoms with van der Waals surface area (Å²) in [6.07, 6.45) is 0. The number of anilines is 20. The van der Waals surface area contributed by atoms with E-state index in [-0.39, 0.29) is 0 Å². The maximum Gasteiger partial charge on any atom is 0.227 e. The van der Waals surface area contributed by atoms with Gasteiger partial charge in [0.1, 0.15) is 5.52 Å². The van der Waals surface area contributed by atoms with E-state index in [0.717, 1.165) is 153 Å². The lowest BCUT2D eigenvalue weighted by atomic mass is 9.86. The zero-order chi connectivity index (χ0) is 58.0. The van der Waals surface area contributed by atoms with Crippen molar-refractivity contribution in [2.24, 2.45) is 0 Å². The molecule has 0 atom stereocenters. The van der Waals surface area contributed by atoms with Crippen LogP contribution in [0.4, 0.5) is 114 Å². The molecular weight excluding hydrogens is 1070 g/mol. The van der Waals surface area contributed by atoms with Crippen molar-refractivity contribution in [2.45, 2.75) is 0 Å². The summed E-state index contributed by atoms with van der Waals surface area (Å²) in [4.78, 5) is 24.7. The van der Waals surface area contributed by atoms with Crippen LogP contribution in [0.3, 0.4) is 0 Å². The SMILES string of the molecule is CN1c2ccccc2N(c2c(-c3ccccc3)c(N3c4ccccc4N(C)c4ccccc43)c(N3c4ccccc4N(C)c4ccccc43)c(N3c4ccccc4N(C)c4ccccc43)c2-c2ccc(-c3nc4ccccc4o3)cc2)c2ccccc21. The Labute approximate surface area is 505 Å². The van der Waals surface area contributed by atoms with Crippen molar-refractivity contribution in [1.82, 2.24) is 4.98 Å². The van der Waals surface area contributed by atoms with Crippen molar-refractivity contribution in [1.29, 1.82) is 0 Å². The molecule has 0 aliphatic carbocycles. The zero-order valence-corrected chi connectivity index (χ0v) is 48.4. The predicted octanol–water partition coefficient (Wildman–Crippen LogP) is 21.0. The first-order valence-electron chi connectivity index (χ1n) is 29.5. The normalized spacial score (nSPS) is 13.6. The molecule has 416 valence electrons. The fraction of sp³-hybridized carbons (Fsp3) is 0.0519. The summed E-state index contributed by atoms with van der Waals surface area (Å²) >= 11 is 0. The van der Waals surface area contributed by atoms with Gasteiger partial charge in [0.15, 0.2) is 5.58 Å². The van der Waals surface area contributed by atoms with Gasteiger partial charge in [-0.15, -0.1) is 0 Å². The molecule has 5 heterocycles. The quantitative estimate of drug-likeness (QED) is 0.154. The van der Waals surface area contributed by atoms with Gasteiger partial charge in [-0.3, -0.25) is 0 Å². The van der Waals surface area contributed by atoms with Gasteiger partial charge in [0, 0.05) is 44.9 Å². The van der Waals surface area contributed by atoms with E-state index in [4.69, 9.17) is 9.40 Å². The highest BCUT2D eigenvalue weighted by atomic mass is 16.3. The van der Waals surface area contributed by atoms with Crippen molar-refractivity contribution < 1.29 is 4.42 Å². The number of para-hydroxylation sites is 18. The van der Waals surface area contributed by atoms with Crippen LogP contribution >= 0.6 is 0 Å². The summed E-state index contributed by atoms with van der Waals surface area (Å²) < 4.78 is 6.56. The molecule has 0 saturated heterocycles. The Morgan fingerprint density at radius 1 is 0.230 bits per heavy atom. The van der Waals surface area contributed by atoms with Gasteiger partial charge in [0.2, 0.25) is 5.89 Å². The molecule has 0 unspecified atom stereocenters. The Morgan fingerprint density at radius 3 is 0.816 bits per heavy atom. The van der Waals surface area contributed by atoms with Gasteiger partial charge < -0.3 is 43.6 Å². The van der Waals surface area contributed by atoms with Crippen molar-refractivity contribution in [3.63, 3.8) is 0 Å². The van der Waals surface area contributed by atoms with E-state index < -0.39 is 0 Å². The fourth-order valence-corrected chi connectivity index (χ4v) is 14.0. The van der Waals surface area contributed by atoms with Gasteiger partial charge in [-0.1, -0.05) is 152 Å². The Balaban J connectivity index is 1.16. The predicted molar refractivity (Wildman–Crippen MR) is 361 cm³/mol. The Morgan fingerprint density at radius 2 is 0.483 bits per heavy atom. The van der Waals surface area contributed by atoms with Gasteiger partial charge >= 0.3 is 0 Å². The van der Waals surface area contributed by atoms with Crippen LogP contribution in [0.15, 0.2) is 277 Å². The number of hydrogen-bond donors (Lipinski definition) is 0. The van der Waals surface area contributed by atoms with Crippen LogP contribution in [0.1, 0.15) is 0 Å². The van der Waals surface area contributed by atoms with Crippen LogP contribution in [-0.4, -0.2) is 33.2 Å². The molecule has 4 aliphatic heterocycles. The van der Waals surface area contributed by atoms with E-state index in [1.807, 2.05) is 24.3 Å². The second kappa shape index (κ2) is 19.5. The highest BCUT2D eigenvalue weighted by Gasteiger charge is 2.45. The van der Waals surface area contributed by atoms with E-state index in [1.165, 1.54) is 0 Å². The Bertz CT molecular complexity index is 4680. The molecule has 0 N–H and O–H groups in total. The van der Waals surface area contributed by atoms with E-state index in [0.29, 0.717) is 5.89 Å². The number of rotatable bonds is 7. The molecular formula is C77H57N9O. The number of oxazole rings is 1. The maximum atomic E-state index is 6.56. The van der Waals surface area contributed by atoms with Crippen LogP contribution < -0.4 is 39.2 Å². The van der Waals surface area contributed by atoms with Crippen molar-refractivity contribution in [3.8, 4) is 33.7 Å². The molecule has 1 aromatic heterocycles. The number of aromatic nitrogens is 1. The zero-order valence-electron chi connectivity index (χ0n) is 48.4. The molecule has 0 saturated carbocycles. The van der Waals surface area contributed by atoms with Crippen molar-refractivity contribution >= 4 is 125 Å². The number of benzene rings is 12. The van der Waals surface area contributed by atoms with Crippen LogP contribution in [0.2, 0.25) is 0 Å². The topological polar surface area (TPSA) is 52.0 Å². The van der Waals surface area contributed by atoms with Gasteiger partial charge in [-0.05, 0) is 132 Å². The molecule has 13 aromatic rings. The van der Waals surface area contributed by atoms with Crippen LogP contribution in [-0.2, 0) is 0 Å². The van der Waals surface area contributed by atoms with Crippen LogP contribution in [0, 0.1) is 0 Å². The maximum absolute atomic E-state index is 6.56. The summed E-state index contributed by atoms with van der Waals surface area (Å²) in [6.45, 7) is 0. The molecule has 0 fully saturated rings. The average molecular weight is 1120 g/mol. The van der Waals surface area contributed by atoms with E-state index in [9.17, 15) is 0 Å². The summed E-state index contributed by atoms with van der Waals surface area (Å²) in [5.41, 5.74) is 27.3. The number of hydrogen-bond acceptors (Lipinski definition) is 10. The first kappa shape index (κ1) is 50.1. The molecule has 0 radical (unpaired) electrons. The molecule has 87 heavy (non-hydrogen) atoms. The summed E-state index contributed by atoms with van der Waals surface area (Å²) in [5, 5.41) is 0. The summed E-state index contributed by atoms with van der Waals surface area (Å²) in [6, 6.07) is 99.2. The average Bonchev–Trinajstić information content (AvgIpc) is 0.914. The Kier molecular flexibility index (Phi) is 11.2. The first-order chi connectivity index (χ1) is 42.9. The van der Waals surface area contributed by atoms with Gasteiger partial charge in [0.25, 0.3) is 0 Å². The monoisotopic (exact) mass is 1120 g/mol. The van der Waals surface area contributed by atoms with Crippen LogP contribution in [0.5, 0.6) is 0 Å². The number of nitrogens with zero attached hydrogens (tertiary/aromatic N) is 9. The molecule has 0 amide bonds. The minimum Gasteiger partial charge on any atom is -0.436 e. The highest BCUT2D eigenvalue weighted by molar-refractivity contribution is 6.23. The van der Waals surface area contributed by atoms with E-state index >= 15 is 0 Å². The minimum atomic E-state index is 0.561. The lowest BCUT2D eigenvalue weighted by molar-refractivity contribution is 0.620. The molecule has 17 rings (SSSR count). The van der Waals surface area contributed by atoms with Crippen molar-refractivity contribution in [2.75, 3.05) is 67.4 Å². The highest BCUT2D eigenvalue weighted by Crippen LogP contribution is 2.70. The molecule has 12 aromatic carbocycles. The first-order valence-corrected chi connectivity index (χ1v) is 29.5. The second-order valence-corrected chi connectivity index (χ2v) is 22.6. The smallest absolute Gasteiger partial charge is 0.227 e. The third-order valence-corrected chi connectivity index (χ3v) is 17.9. The van der Waals surface area contributed by atoms with Gasteiger partial charge in [-0.25, -0.2) is 4.98 Å². The minimum absolute atomic E-state index is 0.561. The lowest BCUT2D eigenvalue weighted by Gasteiger charge is -2.48. The molecule has 10 nitrogen and oxygen atoms in total. The summed E-state index contributed by atoms with van der Waals surface area (Å²) in [7, 11) is 8.78. The van der Waals surface area contributed by atoms with Gasteiger partial charge in [0.05, 0.1) is 114 Å². The second-order valence-electron chi connectivity index (χ2n) is 22.6. The largest absolute Gasteiger partial charge is 0.436 e. The van der Waals surface area contributed by atoms with E-state index in [2.05, 4.69) is 316 Å². The van der Waals surface area contributed by atoms with Crippen LogP contribution in [0.25, 0.3) is 44.8 Å². The molecule has 0 bridgehead atoms. The Hall–Kier alpha value is -11.5. The third kappa shape index (κ3) is 7.44. The van der Waals surface area contributed by atoms with E-state index in [1.54, 1.807) is 0 Å². The molecule has 0 spiro atoms. The van der Waals surface area contributed by atoms with Crippen molar-refractivity contribution in [3.05, 3.63) is 273 Å².